The van der Waals surface area contributed by atoms with Crippen molar-refractivity contribution in [2.45, 2.75) is 286 Å². The number of aryl methyl sites for hydroxylation is 1. The van der Waals surface area contributed by atoms with E-state index in [2.05, 4.69) is 110 Å². The Labute approximate surface area is 676 Å². The summed E-state index contributed by atoms with van der Waals surface area (Å²) < 4.78 is 49.2. The zero-order valence-electron chi connectivity index (χ0n) is 71.5. The van der Waals surface area contributed by atoms with Gasteiger partial charge in [0.2, 0.25) is 5.43 Å². The summed E-state index contributed by atoms with van der Waals surface area (Å²) in [6, 6.07) is 3.11. The summed E-state index contributed by atoms with van der Waals surface area (Å²) in [6.07, 6.45) is 16.0. The molecular formula is C83H160Cl2F2N8O12P2. The van der Waals surface area contributed by atoms with Crippen molar-refractivity contribution in [3.8, 4) is 5.75 Å². The van der Waals surface area contributed by atoms with Crippen LogP contribution in [0.3, 0.4) is 0 Å². The molecule has 2 saturated heterocycles. The van der Waals surface area contributed by atoms with E-state index in [1.807, 2.05) is 83.2 Å². The average molecular weight is 1630 g/mol. The van der Waals surface area contributed by atoms with Crippen LogP contribution in [0.4, 0.5) is 8.78 Å². The molecule has 2 fully saturated rings. The molecule has 0 radical (unpaired) electrons. The van der Waals surface area contributed by atoms with E-state index in [1.165, 1.54) is 48.4 Å². The third kappa shape index (κ3) is 67.3. The maximum Gasteiger partial charge on any atom is 0.306 e. The van der Waals surface area contributed by atoms with Gasteiger partial charge in [0.05, 0.1) is 17.4 Å². The first-order valence-corrected chi connectivity index (χ1v) is 42.1. The predicted molar refractivity (Wildman–Crippen MR) is 460 cm³/mol. The number of esters is 3. The normalized spacial score (nSPS) is 15.4. The number of alkyl halides is 2. The van der Waals surface area contributed by atoms with Crippen molar-refractivity contribution in [1.82, 2.24) is 25.0 Å². The zero-order valence-corrected chi connectivity index (χ0v) is 75.3. The van der Waals surface area contributed by atoms with E-state index in [0.29, 0.717) is 75.0 Å². The van der Waals surface area contributed by atoms with Gasteiger partial charge in [0.25, 0.3) is 5.91 Å². The first kappa shape index (κ1) is 116. The Morgan fingerprint density at radius 3 is 1.49 bits per heavy atom. The number of hydrogen-bond donors (Lipinski definition) is 6. The van der Waals surface area contributed by atoms with Crippen LogP contribution < -0.4 is 33.3 Å². The van der Waals surface area contributed by atoms with Gasteiger partial charge in [-0.1, -0.05) is 104 Å². The van der Waals surface area contributed by atoms with Crippen LogP contribution in [0, 0.1) is 59.0 Å². The second-order valence-corrected chi connectivity index (χ2v) is 34.6. The van der Waals surface area contributed by atoms with Crippen molar-refractivity contribution in [3.05, 3.63) is 63.1 Å². The number of aromatic nitrogens is 1. The minimum Gasteiger partial charge on any atom is -0.503 e. The van der Waals surface area contributed by atoms with Gasteiger partial charge < -0.3 is 66.2 Å². The van der Waals surface area contributed by atoms with Gasteiger partial charge in [-0.2, -0.15) is 0 Å². The molecule has 8 atom stereocenters. The Balaban J connectivity index is -0.000000304. The monoisotopic (exact) mass is 1630 g/mol. The topological polar surface area (TPSA) is 290 Å². The number of carbonyl (C=O) groups excluding carboxylic acids is 6. The molecule has 642 valence electrons. The summed E-state index contributed by atoms with van der Waals surface area (Å²) in [5, 5.41) is 17.4. The van der Waals surface area contributed by atoms with Crippen LogP contribution in [-0.2, 0) is 51.1 Å². The number of rotatable bonds is 29. The number of carbonyl (C=O) groups is 6. The largest absolute Gasteiger partial charge is 0.503 e. The highest BCUT2D eigenvalue weighted by Gasteiger charge is 2.41. The number of hydrogen-bond acceptors (Lipinski definition) is 18. The van der Waals surface area contributed by atoms with Gasteiger partial charge in [0.15, 0.2) is 17.2 Å². The summed E-state index contributed by atoms with van der Waals surface area (Å²) in [6.45, 7) is 54.1. The summed E-state index contributed by atoms with van der Waals surface area (Å²) >= 11 is 9.53. The van der Waals surface area contributed by atoms with Crippen LogP contribution >= 0.6 is 41.7 Å². The van der Waals surface area contributed by atoms with E-state index < -0.39 is 34.5 Å². The summed E-state index contributed by atoms with van der Waals surface area (Å²) in [7, 11) is 7.10. The van der Waals surface area contributed by atoms with Gasteiger partial charge in [-0.05, 0) is 245 Å². The molecule has 2 aromatic rings. The number of Topliss-reactive ketones (excluding diaryl/α,β-unsaturated/α-hetero) is 1. The minimum atomic E-state index is -0.908. The maximum atomic E-state index is 14.0. The molecule has 5 rings (SSSR count). The van der Waals surface area contributed by atoms with Crippen LogP contribution in [0.15, 0.2) is 29.2 Å². The van der Waals surface area contributed by atoms with Gasteiger partial charge in [-0.15, -0.1) is 41.7 Å². The molecule has 3 aliphatic heterocycles. The number of aldehydes is 1. The van der Waals surface area contributed by atoms with Crippen LogP contribution in [0.2, 0.25) is 0 Å². The zero-order chi connectivity index (χ0) is 84.3. The minimum absolute atomic E-state index is 0. The molecule has 20 nitrogen and oxygen atoms in total. The summed E-state index contributed by atoms with van der Waals surface area (Å²) in [5.41, 5.74) is 14.1. The van der Waals surface area contributed by atoms with Crippen molar-refractivity contribution in [3.63, 3.8) is 0 Å². The number of nitrogens with one attached hydrogen (secondary N) is 2. The van der Waals surface area contributed by atoms with Crippen LogP contribution in [0.5, 0.6) is 5.75 Å². The standard InChI is InChI=1S/C26H31F2N3O4.C12H25NO2.2C11H23NO2.C9H22N2.2C4H8O.2C2H7P.CH2Cl2.CH4/c1-15(2)11-29-9-8-16(3)12-31-22(29)14-30-13-19(24(33)25(34)23(30)26(31)35)21(32)7-5-17-4-6-18(27)10-20(17)28;1-10(8-9-13-5)6-7-11(14)15-12(2,3)4;2*1-9(7-8-12)5-6-10(13)14-11(2,3)4;1-8(2)7-11-5-4-9(3)6-10;1-2-4-5-3-1;1-4(2)3-5;2*1-2-3;2-1-3;/h4,6,10,13,15-16,22,34H,5,7-9,11-12,14H2,1-3H3;10,13H,6-9H2,1-5H3;2*9H,5-8,12H2,1-4H3;8-9,11H,4-7,10H2,1-3H3;1-4H2;3-4H,1-2H3;2*2-3H2,1H3;1H2;1H4/t16-,22?;10-;3*9-;;;;;;/m10001....../s1. The molecule has 0 spiro atoms. The van der Waals surface area contributed by atoms with Crippen molar-refractivity contribution in [2.24, 2.45) is 64.5 Å². The SMILES string of the molecule is C.C1CCOC1.CC(C)C=O.CC(C)CN1CC[C@@H](C)CN2C(=O)c3c(O)c(=O)c(C(=O)CCc4ccc(F)cc4F)cn3CC12.CC(C)CNCC[C@@H](C)CN.CCP.CCP.CNCC[C@@H](C)CCC(=O)OC(C)(C)C.C[C@H](CCN)CCC(=O)OC(C)(C)C.C[C@H](CCN)CCC(=O)OC(C)(C)C.ClCCl. The number of halogens is 4. The number of nitrogens with zero attached hydrogens (tertiary/aromatic N) is 3. The van der Waals surface area contributed by atoms with Crippen molar-refractivity contribution >= 4 is 77.6 Å². The average Bonchev–Trinajstić information content (AvgIpc) is 1.68. The Bertz CT molecular complexity index is 2660. The first-order valence-electron chi connectivity index (χ1n) is 39.4. The molecule has 1 amide bonds. The Kier molecular flexibility index (Phi) is 73.1. The van der Waals surface area contributed by atoms with Gasteiger partial charge in [-0.3, -0.25) is 33.7 Å². The fourth-order valence-corrected chi connectivity index (χ4v) is 10.1. The molecular weight excluding hydrogens is 1470 g/mol. The number of aromatic hydroxyl groups is 1. The van der Waals surface area contributed by atoms with Gasteiger partial charge in [-0.25, -0.2) is 8.78 Å². The van der Waals surface area contributed by atoms with Crippen molar-refractivity contribution < 1.29 is 61.6 Å². The molecule has 0 aliphatic carbocycles. The molecule has 26 heteroatoms. The van der Waals surface area contributed by atoms with E-state index in [4.69, 9.17) is 59.4 Å². The second kappa shape index (κ2) is 68.6. The summed E-state index contributed by atoms with van der Waals surface area (Å²) in [4.78, 5) is 86.7. The molecule has 0 saturated carbocycles. The number of pyridine rings is 1. The Morgan fingerprint density at radius 2 is 1.13 bits per heavy atom. The van der Waals surface area contributed by atoms with E-state index in [0.717, 1.165) is 122 Å². The highest BCUT2D eigenvalue weighted by atomic mass is 35.5. The quantitative estimate of drug-likeness (QED) is 0.00839. The molecule has 3 unspecified atom stereocenters. The molecule has 109 heavy (non-hydrogen) atoms. The first-order chi connectivity index (χ1) is 50.3. The maximum absolute atomic E-state index is 14.0. The summed E-state index contributed by atoms with van der Waals surface area (Å²) in [5.74, 6) is 0.340. The Hall–Kier alpha value is -3.79. The molecule has 3 aliphatic rings. The van der Waals surface area contributed by atoms with E-state index in [1.54, 1.807) is 4.90 Å². The molecule has 0 bridgehead atoms. The van der Waals surface area contributed by atoms with Gasteiger partial charge >= 0.3 is 17.9 Å². The highest BCUT2D eigenvalue weighted by Crippen LogP contribution is 2.30. The lowest BCUT2D eigenvalue weighted by Gasteiger charge is -2.42. The third-order valence-corrected chi connectivity index (χ3v) is 15.7. The lowest BCUT2D eigenvalue weighted by Crippen LogP contribution is -2.57. The number of benzene rings is 1. The molecule has 1 aromatic heterocycles. The predicted octanol–water partition coefficient (Wildman–Crippen LogP) is 16.6. The number of nitrogens with two attached hydrogens (primary N) is 3. The number of ether oxygens (including phenoxy) is 4. The molecule has 1 aromatic carbocycles. The third-order valence-electron chi connectivity index (χ3n) is 15.7. The fourth-order valence-electron chi connectivity index (χ4n) is 10.1. The highest BCUT2D eigenvalue weighted by molar-refractivity contribution is 7.16. The second-order valence-electron chi connectivity index (χ2n) is 32.2. The van der Waals surface area contributed by atoms with Gasteiger partial charge in [0.1, 0.15) is 40.9 Å². The van der Waals surface area contributed by atoms with Crippen LogP contribution in [-0.4, -0.2) is 175 Å². The number of fused-ring (bicyclic) bond motifs is 2. The van der Waals surface area contributed by atoms with Gasteiger partial charge in [0, 0.05) is 76.7 Å². The van der Waals surface area contributed by atoms with Crippen molar-refractivity contribution in [2.75, 3.05) is 96.8 Å². The van der Waals surface area contributed by atoms with Crippen LogP contribution in [0.25, 0.3) is 0 Å². The van der Waals surface area contributed by atoms with E-state index >= 15 is 0 Å². The van der Waals surface area contributed by atoms with Crippen LogP contribution in [0.1, 0.15) is 276 Å². The molecule has 9 N–H and O–H groups in total. The lowest BCUT2D eigenvalue weighted by atomic mass is 10.0. The van der Waals surface area contributed by atoms with Crippen molar-refractivity contribution in [1.29, 1.82) is 0 Å². The number of amides is 1. The lowest BCUT2D eigenvalue weighted by molar-refractivity contribution is -0.156. The number of ketones is 1. The fraction of sp³-hybridized carbons (Fsp3) is 0.795. The molecule has 4 heterocycles. The van der Waals surface area contributed by atoms with E-state index in [9.17, 15) is 47.4 Å². The smallest absolute Gasteiger partial charge is 0.306 e. The Morgan fingerprint density at radius 1 is 0.697 bits per heavy atom. The van der Waals surface area contributed by atoms with E-state index in [-0.39, 0.29) is 95.1 Å².